The molecule has 1 rings (SSSR count). The van der Waals surface area contributed by atoms with Crippen LogP contribution in [0.15, 0.2) is 15.9 Å². The maximum atomic E-state index is 11.9. The van der Waals surface area contributed by atoms with Crippen molar-refractivity contribution < 1.29 is 17.9 Å². The second kappa shape index (κ2) is 6.69. The van der Waals surface area contributed by atoms with Crippen LogP contribution in [-0.2, 0) is 11.2 Å². The molecule has 0 aliphatic rings. The Bertz CT molecular complexity index is 345. The second-order valence-corrected chi connectivity index (χ2v) is 5.24. The fraction of sp³-hybridized carbons (Fsp3) is 0.556. The van der Waals surface area contributed by atoms with E-state index < -0.39 is 12.8 Å². The molecule has 0 aliphatic carbocycles. The molecule has 0 bridgehead atoms. The predicted molar refractivity (Wildman–Crippen MR) is 63.7 cm³/mol. The molecule has 0 radical (unpaired) electrons. The monoisotopic (exact) mass is 332 g/mol. The van der Waals surface area contributed by atoms with Gasteiger partial charge >= 0.3 is 6.18 Å². The highest BCUT2D eigenvalue weighted by atomic mass is 79.9. The third-order valence-corrected chi connectivity index (χ3v) is 3.89. The summed E-state index contributed by atoms with van der Waals surface area (Å²) >= 11 is 4.86. The van der Waals surface area contributed by atoms with Crippen LogP contribution in [0.1, 0.15) is 4.88 Å². The molecule has 8 heteroatoms. The summed E-state index contributed by atoms with van der Waals surface area (Å²) in [6, 6.07) is 1.54. The number of nitrogens with two attached hydrogens (primary N) is 1. The van der Waals surface area contributed by atoms with Gasteiger partial charge in [-0.1, -0.05) is 0 Å². The molecule has 1 aromatic heterocycles. The van der Waals surface area contributed by atoms with Crippen LogP contribution < -0.4 is 11.3 Å². The first-order valence-electron chi connectivity index (χ1n) is 4.75. The minimum atomic E-state index is -4.30. The summed E-state index contributed by atoms with van der Waals surface area (Å²) < 4.78 is 41.1. The molecule has 1 heterocycles. The van der Waals surface area contributed by atoms with E-state index in [0.717, 1.165) is 9.35 Å². The van der Waals surface area contributed by atoms with Crippen LogP contribution in [0.4, 0.5) is 13.2 Å². The normalized spacial score (nSPS) is 13.9. The van der Waals surface area contributed by atoms with Gasteiger partial charge in [0.2, 0.25) is 0 Å². The van der Waals surface area contributed by atoms with E-state index in [1.54, 1.807) is 0 Å². The number of halogens is 4. The Balaban J connectivity index is 2.37. The number of thiophene rings is 1. The largest absolute Gasteiger partial charge is 0.411 e. The van der Waals surface area contributed by atoms with E-state index >= 15 is 0 Å². The number of alkyl halides is 3. The lowest BCUT2D eigenvalue weighted by Gasteiger charge is -2.16. The summed E-state index contributed by atoms with van der Waals surface area (Å²) in [5.41, 5.74) is 2.45. The van der Waals surface area contributed by atoms with Crippen LogP contribution in [0.2, 0.25) is 0 Å². The van der Waals surface area contributed by atoms with Crippen molar-refractivity contribution in [1.29, 1.82) is 0 Å². The van der Waals surface area contributed by atoms with Crippen molar-refractivity contribution in [2.24, 2.45) is 5.84 Å². The van der Waals surface area contributed by atoms with Crippen LogP contribution in [0.25, 0.3) is 0 Å². The van der Waals surface area contributed by atoms with Gasteiger partial charge in [0.25, 0.3) is 0 Å². The highest BCUT2D eigenvalue weighted by molar-refractivity contribution is 9.10. The van der Waals surface area contributed by atoms with Gasteiger partial charge in [0.15, 0.2) is 0 Å². The Labute approximate surface area is 109 Å². The van der Waals surface area contributed by atoms with E-state index in [1.807, 2.05) is 11.4 Å². The average Bonchev–Trinajstić information content (AvgIpc) is 2.61. The number of nitrogens with one attached hydrogen (secondary N) is 1. The summed E-state index contributed by atoms with van der Waals surface area (Å²) in [6.45, 7) is -1.34. The summed E-state index contributed by atoms with van der Waals surface area (Å²) in [7, 11) is 0. The van der Waals surface area contributed by atoms with Gasteiger partial charge in [-0.15, -0.1) is 11.3 Å². The molecule has 0 aliphatic heterocycles. The number of hydrogen-bond acceptors (Lipinski definition) is 4. The first-order valence-corrected chi connectivity index (χ1v) is 6.42. The molecule has 3 nitrogen and oxygen atoms in total. The van der Waals surface area contributed by atoms with E-state index in [9.17, 15) is 13.2 Å². The molecule has 0 saturated carbocycles. The van der Waals surface area contributed by atoms with Crippen LogP contribution in [0.5, 0.6) is 0 Å². The Hall–Kier alpha value is -0.150. The maximum absolute atomic E-state index is 11.9. The van der Waals surface area contributed by atoms with Crippen molar-refractivity contribution in [3.8, 4) is 0 Å². The summed E-state index contributed by atoms with van der Waals surface area (Å²) in [5, 5.41) is 1.89. The van der Waals surface area contributed by atoms with E-state index in [2.05, 4.69) is 26.1 Å². The van der Waals surface area contributed by atoms with E-state index in [-0.39, 0.29) is 12.6 Å². The van der Waals surface area contributed by atoms with Gasteiger partial charge in [-0.3, -0.25) is 11.3 Å². The molecular formula is C9H12BrF3N2OS. The van der Waals surface area contributed by atoms with E-state index in [1.165, 1.54) is 11.3 Å². The third kappa shape index (κ3) is 5.82. The Kier molecular flexibility index (Phi) is 5.87. The fourth-order valence-corrected chi connectivity index (χ4v) is 2.77. The van der Waals surface area contributed by atoms with Crippen LogP contribution in [0.3, 0.4) is 0 Å². The summed E-state index contributed by atoms with van der Waals surface area (Å²) in [6.07, 6.45) is -3.78. The molecule has 0 spiro atoms. The molecule has 17 heavy (non-hydrogen) atoms. The molecule has 0 saturated heterocycles. The highest BCUT2D eigenvalue weighted by Crippen LogP contribution is 2.24. The standard InChI is InChI=1S/C9H12BrF3N2OS/c10-7-1-2-17-8(7)3-6(15-14)4-16-5-9(11,12)13/h1-2,6,15H,3-5,14H2. The molecule has 1 aromatic rings. The lowest BCUT2D eigenvalue weighted by molar-refractivity contribution is -0.175. The minimum Gasteiger partial charge on any atom is -0.370 e. The maximum Gasteiger partial charge on any atom is 0.411 e. The summed E-state index contributed by atoms with van der Waals surface area (Å²) in [4.78, 5) is 1.02. The SMILES string of the molecule is NNC(COCC(F)(F)F)Cc1sccc1Br. The van der Waals surface area contributed by atoms with Gasteiger partial charge < -0.3 is 4.74 Å². The number of ether oxygens (including phenoxy) is 1. The average molecular weight is 333 g/mol. The van der Waals surface area contributed by atoms with Gasteiger partial charge in [0, 0.05) is 21.8 Å². The first-order chi connectivity index (χ1) is 7.92. The smallest absolute Gasteiger partial charge is 0.370 e. The molecule has 0 aromatic carbocycles. The Morgan fingerprint density at radius 3 is 2.71 bits per heavy atom. The van der Waals surface area contributed by atoms with Gasteiger partial charge in [-0.25, -0.2) is 0 Å². The zero-order chi connectivity index (χ0) is 12.9. The molecule has 1 atom stereocenters. The number of hydrazine groups is 1. The molecule has 3 N–H and O–H groups in total. The van der Waals surface area contributed by atoms with Crippen molar-refractivity contribution in [3.05, 3.63) is 20.8 Å². The van der Waals surface area contributed by atoms with Crippen molar-refractivity contribution in [2.45, 2.75) is 18.6 Å². The Morgan fingerprint density at radius 1 is 1.53 bits per heavy atom. The number of rotatable bonds is 6. The molecule has 1 unspecified atom stereocenters. The van der Waals surface area contributed by atoms with Gasteiger partial charge in [0.05, 0.1) is 6.61 Å². The van der Waals surface area contributed by atoms with Gasteiger partial charge in [-0.2, -0.15) is 13.2 Å². The third-order valence-electron chi connectivity index (χ3n) is 1.94. The summed E-state index contributed by atoms with van der Waals surface area (Å²) in [5.74, 6) is 5.27. The number of hydrogen-bond donors (Lipinski definition) is 2. The van der Waals surface area contributed by atoms with Gasteiger partial charge in [0.1, 0.15) is 6.61 Å². The topological polar surface area (TPSA) is 47.3 Å². The van der Waals surface area contributed by atoms with Crippen LogP contribution in [0, 0.1) is 0 Å². The first kappa shape index (κ1) is 14.9. The van der Waals surface area contributed by atoms with Crippen molar-refractivity contribution >= 4 is 27.3 Å². The van der Waals surface area contributed by atoms with Crippen LogP contribution >= 0.6 is 27.3 Å². The van der Waals surface area contributed by atoms with E-state index in [4.69, 9.17) is 5.84 Å². The lowest BCUT2D eigenvalue weighted by Crippen LogP contribution is -2.41. The molecule has 0 amide bonds. The Morgan fingerprint density at radius 2 is 2.24 bits per heavy atom. The second-order valence-electron chi connectivity index (χ2n) is 3.39. The lowest BCUT2D eigenvalue weighted by atomic mass is 10.2. The zero-order valence-corrected chi connectivity index (χ0v) is 11.2. The minimum absolute atomic E-state index is 0.0830. The van der Waals surface area contributed by atoms with Crippen molar-refractivity contribution in [2.75, 3.05) is 13.2 Å². The zero-order valence-electron chi connectivity index (χ0n) is 8.76. The van der Waals surface area contributed by atoms with Gasteiger partial charge in [-0.05, 0) is 27.4 Å². The molecule has 0 fully saturated rings. The van der Waals surface area contributed by atoms with Crippen molar-refractivity contribution in [3.63, 3.8) is 0 Å². The van der Waals surface area contributed by atoms with Crippen LogP contribution in [-0.4, -0.2) is 25.4 Å². The quantitative estimate of drug-likeness (QED) is 0.621. The molecule has 98 valence electrons. The van der Waals surface area contributed by atoms with Crippen molar-refractivity contribution in [1.82, 2.24) is 5.43 Å². The van der Waals surface area contributed by atoms with E-state index in [0.29, 0.717) is 6.42 Å². The fourth-order valence-electron chi connectivity index (χ4n) is 1.18. The predicted octanol–water partition coefficient (Wildman–Crippen LogP) is 2.46. The molecular weight excluding hydrogens is 321 g/mol. The highest BCUT2D eigenvalue weighted by Gasteiger charge is 2.27.